The normalized spacial score (nSPS) is 11.7. The van der Waals surface area contributed by atoms with Gasteiger partial charge in [-0.1, -0.05) is 41.9 Å². The van der Waals surface area contributed by atoms with Gasteiger partial charge in [0.25, 0.3) is 5.91 Å². The summed E-state index contributed by atoms with van der Waals surface area (Å²) < 4.78 is 13.1. The van der Waals surface area contributed by atoms with Gasteiger partial charge in [0.2, 0.25) is 5.95 Å². The Bertz CT molecular complexity index is 918. The van der Waals surface area contributed by atoms with Crippen LogP contribution in [0.4, 0.5) is 15.8 Å². The van der Waals surface area contributed by atoms with Crippen molar-refractivity contribution in [1.29, 1.82) is 0 Å². The molecule has 132 valence electrons. The van der Waals surface area contributed by atoms with E-state index in [1.807, 2.05) is 37.3 Å². The highest BCUT2D eigenvalue weighted by Gasteiger charge is 2.11. The zero-order valence-electron chi connectivity index (χ0n) is 14.0. The van der Waals surface area contributed by atoms with Gasteiger partial charge in [-0.15, -0.1) is 0 Å². The second kappa shape index (κ2) is 7.97. The van der Waals surface area contributed by atoms with Crippen LogP contribution in [0.1, 0.15) is 28.9 Å². The smallest absolute Gasteiger partial charge is 0.255 e. The molecule has 2 N–H and O–H groups in total. The summed E-state index contributed by atoms with van der Waals surface area (Å²) in [6, 6.07) is 17.8. The molecule has 0 aliphatic heterocycles. The zero-order valence-corrected chi connectivity index (χ0v) is 14.8. The summed E-state index contributed by atoms with van der Waals surface area (Å²) in [5.41, 5.74) is 2.61. The van der Waals surface area contributed by atoms with Crippen LogP contribution < -0.4 is 10.6 Å². The number of amides is 1. The minimum atomic E-state index is -0.704. The predicted octanol–water partition coefficient (Wildman–Crippen LogP) is 5.30. The van der Waals surface area contributed by atoms with Crippen LogP contribution in [0, 0.1) is 5.95 Å². The van der Waals surface area contributed by atoms with E-state index in [0.29, 0.717) is 10.7 Å². The lowest BCUT2D eigenvalue weighted by atomic mass is 10.1. The van der Waals surface area contributed by atoms with E-state index in [1.165, 1.54) is 12.3 Å². The van der Waals surface area contributed by atoms with Crippen molar-refractivity contribution in [2.24, 2.45) is 0 Å². The van der Waals surface area contributed by atoms with E-state index in [2.05, 4.69) is 15.6 Å². The van der Waals surface area contributed by atoms with Gasteiger partial charge >= 0.3 is 0 Å². The molecule has 2 aromatic carbocycles. The molecule has 1 amide bonds. The number of pyridine rings is 1. The van der Waals surface area contributed by atoms with Crippen LogP contribution in [0.3, 0.4) is 0 Å². The molecule has 0 aliphatic carbocycles. The molecular weight excluding hydrogens is 353 g/mol. The first kappa shape index (κ1) is 17.9. The molecule has 3 rings (SSSR count). The van der Waals surface area contributed by atoms with Gasteiger partial charge in [0.1, 0.15) is 0 Å². The Morgan fingerprint density at radius 3 is 2.58 bits per heavy atom. The van der Waals surface area contributed by atoms with Crippen molar-refractivity contribution in [2.75, 3.05) is 10.6 Å². The Balaban J connectivity index is 1.70. The molecule has 4 nitrogen and oxygen atoms in total. The van der Waals surface area contributed by atoms with Crippen LogP contribution in [0.5, 0.6) is 0 Å². The highest BCUT2D eigenvalue weighted by Crippen LogP contribution is 2.29. The van der Waals surface area contributed by atoms with Crippen LogP contribution in [-0.4, -0.2) is 10.9 Å². The maximum atomic E-state index is 13.1. The van der Waals surface area contributed by atoms with Gasteiger partial charge in [-0.05, 0) is 36.8 Å². The van der Waals surface area contributed by atoms with E-state index >= 15 is 0 Å². The quantitative estimate of drug-likeness (QED) is 0.600. The largest absolute Gasteiger partial charge is 0.377 e. The summed E-state index contributed by atoms with van der Waals surface area (Å²) in [6.07, 6.45) is 1.25. The number of anilines is 2. The molecular formula is C20H17ClFN3O. The number of rotatable bonds is 5. The van der Waals surface area contributed by atoms with Gasteiger partial charge in [-0.3, -0.25) is 4.79 Å². The lowest BCUT2D eigenvalue weighted by Crippen LogP contribution is -2.12. The highest BCUT2D eigenvalue weighted by molar-refractivity contribution is 6.33. The van der Waals surface area contributed by atoms with Crippen molar-refractivity contribution >= 4 is 28.9 Å². The van der Waals surface area contributed by atoms with E-state index in [1.54, 1.807) is 18.2 Å². The van der Waals surface area contributed by atoms with Crippen LogP contribution >= 0.6 is 11.6 Å². The number of nitrogens with one attached hydrogen (secondary N) is 2. The summed E-state index contributed by atoms with van der Waals surface area (Å²) >= 11 is 6.33. The number of halogens is 2. The fourth-order valence-corrected chi connectivity index (χ4v) is 2.75. The third kappa shape index (κ3) is 4.37. The topological polar surface area (TPSA) is 54.0 Å². The number of hydrogen-bond acceptors (Lipinski definition) is 3. The fraction of sp³-hybridized carbons (Fsp3) is 0.100. The summed E-state index contributed by atoms with van der Waals surface area (Å²) in [4.78, 5) is 15.6. The summed E-state index contributed by atoms with van der Waals surface area (Å²) in [5.74, 6) is -1.13. The standard InChI is InChI=1S/C20H17ClFN3O/c1-13(14-5-3-2-4-6-14)24-18-8-7-16(12-17(18)21)25-20(26)15-9-10-23-19(22)11-15/h2-13,24H,1H3,(H,25,26). The molecule has 26 heavy (non-hydrogen) atoms. The molecule has 1 atom stereocenters. The van der Waals surface area contributed by atoms with E-state index in [4.69, 9.17) is 11.6 Å². The molecule has 3 aromatic rings. The fourth-order valence-electron chi connectivity index (χ4n) is 2.52. The average molecular weight is 370 g/mol. The molecule has 0 aliphatic rings. The third-order valence-corrected chi connectivity index (χ3v) is 4.20. The summed E-state index contributed by atoms with van der Waals surface area (Å²) in [7, 11) is 0. The molecule has 0 fully saturated rings. The van der Waals surface area contributed by atoms with Gasteiger partial charge in [-0.2, -0.15) is 4.39 Å². The zero-order chi connectivity index (χ0) is 18.5. The first-order valence-electron chi connectivity index (χ1n) is 8.07. The Morgan fingerprint density at radius 1 is 1.12 bits per heavy atom. The van der Waals surface area contributed by atoms with Crippen LogP contribution in [-0.2, 0) is 0 Å². The number of carbonyl (C=O) groups excluding carboxylic acids is 1. The lowest BCUT2D eigenvalue weighted by Gasteiger charge is -2.17. The molecule has 1 unspecified atom stereocenters. The van der Waals surface area contributed by atoms with E-state index in [9.17, 15) is 9.18 Å². The minimum Gasteiger partial charge on any atom is -0.377 e. The van der Waals surface area contributed by atoms with Crippen molar-refractivity contribution in [3.63, 3.8) is 0 Å². The van der Waals surface area contributed by atoms with Gasteiger partial charge < -0.3 is 10.6 Å². The van der Waals surface area contributed by atoms with E-state index in [-0.39, 0.29) is 11.6 Å². The SMILES string of the molecule is CC(Nc1ccc(NC(=O)c2ccnc(F)c2)cc1Cl)c1ccccc1. The molecule has 0 spiro atoms. The predicted molar refractivity (Wildman–Crippen MR) is 102 cm³/mol. The lowest BCUT2D eigenvalue weighted by molar-refractivity contribution is 0.102. The Morgan fingerprint density at radius 2 is 1.88 bits per heavy atom. The summed E-state index contributed by atoms with van der Waals surface area (Å²) in [5, 5.41) is 6.51. The maximum Gasteiger partial charge on any atom is 0.255 e. The summed E-state index contributed by atoms with van der Waals surface area (Å²) in [6.45, 7) is 2.04. The molecule has 0 saturated carbocycles. The average Bonchev–Trinajstić information content (AvgIpc) is 2.64. The second-order valence-electron chi connectivity index (χ2n) is 5.79. The van der Waals surface area contributed by atoms with Crippen LogP contribution in [0.25, 0.3) is 0 Å². The molecule has 1 heterocycles. The van der Waals surface area contributed by atoms with Crippen molar-refractivity contribution in [3.8, 4) is 0 Å². The molecule has 1 aromatic heterocycles. The first-order valence-corrected chi connectivity index (χ1v) is 8.44. The number of carbonyl (C=O) groups is 1. The van der Waals surface area contributed by atoms with E-state index in [0.717, 1.165) is 17.3 Å². The maximum absolute atomic E-state index is 13.1. The van der Waals surface area contributed by atoms with Crippen LogP contribution in [0.2, 0.25) is 5.02 Å². The minimum absolute atomic E-state index is 0.0777. The number of aromatic nitrogens is 1. The van der Waals surface area contributed by atoms with Gasteiger partial charge in [0.15, 0.2) is 0 Å². The molecule has 0 radical (unpaired) electrons. The van der Waals surface area contributed by atoms with Crippen molar-refractivity contribution in [3.05, 3.63) is 89.0 Å². The molecule has 6 heteroatoms. The molecule has 0 bridgehead atoms. The number of nitrogens with zero attached hydrogens (tertiary/aromatic N) is 1. The van der Waals surface area contributed by atoms with Crippen molar-refractivity contribution in [2.45, 2.75) is 13.0 Å². The Labute approximate surface area is 156 Å². The molecule has 0 saturated heterocycles. The highest BCUT2D eigenvalue weighted by atomic mass is 35.5. The van der Waals surface area contributed by atoms with Crippen molar-refractivity contribution in [1.82, 2.24) is 4.98 Å². The van der Waals surface area contributed by atoms with Gasteiger partial charge in [0.05, 0.1) is 10.7 Å². The van der Waals surface area contributed by atoms with E-state index < -0.39 is 11.9 Å². The second-order valence-corrected chi connectivity index (χ2v) is 6.20. The number of benzene rings is 2. The van der Waals surface area contributed by atoms with Crippen molar-refractivity contribution < 1.29 is 9.18 Å². The number of hydrogen-bond donors (Lipinski definition) is 2. The van der Waals surface area contributed by atoms with Gasteiger partial charge in [-0.25, -0.2) is 4.98 Å². The van der Waals surface area contributed by atoms with Gasteiger partial charge in [0, 0.05) is 29.6 Å². The van der Waals surface area contributed by atoms with Crippen LogP contribution in [0.15, 0.2) is 66.9 Å². The Kier molecular flexibility index (Phi) is 5.49. The third-order valence-electron chi connectivity index (χ3n) is 3.89. The monoisotopic (exact) mass is 369 g/mol. The first-order chi connectivity index (χ1) is 12.5. The Hall–Kier alpha value is -2.92.